The van der Waals surface area contributed by atoms with Crippen LogP contribution in [0.3, 0.4) is 0 Å². The van der Waals surface area contributed by atoms with E-state index in [0.717, 1.165) is 43.3 Å². The van der Waals surface area contributed by atoms with Crippen molar-refractivity contribution in [3.63, 3.8) is 0 Å². The van der Waals surface area contributed by atoms with Gasteiger partial charge in [-0.05, 0) is 57.2 Å². The zero-order chi connectivity index (χ0) is 20.8. The molecule has 6 heteroatoms. The molecule has 1 fully saturated rings. The van der Waals surface area contributed by atoms with Crippen LogP contribution in [0.1, 0.15) is 31.1 Å². The number of carbonyl (C=O) groups is 2. The molecule has 0 aromatic heterocycles. The number of ether oxygens (including phenoxy) is 1. The quantitative estimate of drug-likeness (QED) is 0.703. The molecule has 0 spiro atoms. The summed E-state index contributed by atoms with van der Waals surface area (Å²) in [4.78, 5) is 27.7. The number of benzene rings is 2. The van der Waals surface area contributed by atoms with Crippen molar-refractivity contribution >= 4 is 23.1 Å². The van der Waals surface area contributed by atoms with Gasteiger partial charge in [0.25, 0.3) is 5.91 Å². The second-order valence-corrected chi connectivity index (χ2v) is 7.39. The normalized spacial score (nSPS) is 15.6. The molecule has 154 valence electrons. The SMILES string of the molecule is CCOc1ccccc1N1CC[NH+]([C@@H](C)C(=O)Nc2ccc(C(C)=O)cc2)CC1. The molecule has 1 saturated heterocycles. The van der Waals surface area contributed by atoms with Crippen molar-refractivity contribution in [3.8, 4) is 5.75 Å². The van der Waals surface area contributed by atoms with Crippen LogP contribution < -0.4 is 19.9 Å². The van der Waals surface area contributed by atoms with E-state index in [1.54, 1.807) is 24.3 Å². The summed E-state index contributed by atoms with van der Waals surface area (Å²) in [5, 5.41) is 2.97. The van der Waals surface area contributed by atoms with Crippen LogP contribution in [0, 0.1) is 0 Å². The topological polar surface area (TPSA) is 63.1 Å². The van der Waals surface area contributed by atoms with E-state index in [0.29, 0.717) is 12.2 Å². The van der Waals surface area contributed by atoms with Gasteiger partial charge in [0.05, 0.1) is 38.5 Å². The molecule has 0 unspecified atom stereocenters. The molecule has 1 aliphatic heterocycles. The summed E-state index contributed by atoms with van der Waals surface area (Å²) in [6, 6.07) is 15.0. The van der Waals surface area contributed by atoms with Crippen molar-refractivity contribution in [2.45, 2.75) is 26.8 Å². The maximum absolute atomic E-state index is 12.7. The Morgan fingerprint density at radius 3 is 2.38 bits per heavy atom. The standard InChI is InChI=1S/C23H29N3O3/c1-4-29-22-8-6-5-7-21(22)26-15-13-25(14-16-26)17(2)23(28)24-20-11-9-19(10-12-20)18(3)27/h5-12,17H,4,13-16H2,1-3H3,(H,24,28)/p+1/t17-/m0/s1. The van der Waals surface area contributed by atoms with Crippen molar-refractivity contribution in [1.82, 2.24) is 0 Å². The fraction of sp³-hybridized carbons (Fsp3) is 0.391. The van der Waals surface area contributed by atoms with Crippen molar-refractivity contribution in [3.05, 3.63) is 54.1 Å². The van der Waals surface area contributed by atoms with Crippen molar-refractivity contribution in [2.24, 2.45) is 0 Å². The van der Waals surface area contributed by atoms with Gasteiger partial charge in [-0.1, -0.05) is 12.1 Å². The van der Waals surface area contributed by atoms with Crippen LogP contribution in [-0.4, -0.2) is 50.5 Å². The van der Waals surface area contributed by atoms with Gasteiger partial charge in [-0.15, -0.1) is 0 Å². The number of ketones is 1. The molecule has 0 aliphatic carbocycles. The zero-order valence-corrected chi connectivity index (χ0v) is 17.4. The molecule has 1 aliphatic rings. The summed E-state index contributed by atoms with van der Waals surface area (Å²) in [7, 11) is 0. The zero-order valence-electron chi connectivity index (χ0n) is 17.4. The van der Waals surface area contributed by atoms with E-state index < -0.39 is 0 Å². The van der Waals surface area contributed by atoms with E-state index in [9.17, 15) is 9.59 Å². The Kier molecular flexibility index (Phi) is 6.88. The summed E-state index contributed by atoms with van der Waals surface area (Å²) in [5.41, 5.74) is 2.48. The van der Waals surface area contributed by atoms with Crippen LogP contribution >= 0.6 is 0 Å². The number of nitrogens with zero attached hydrogens (tertiary/aromatic N) is 1. The van der Waals surface area contributed by atoms with Gasteiger partial charge >= 0.3 is 0 Å². The first-order valence-electron chi connectivity index (χ1n) is 10.2. The molecule has 1 amide bonds. The Morgan fingerprint density at radius 2 is 1.76 bits per heavy atom. The number of quaternary nitrogens is 1. The third-order valence-electron chi connectivity index (χ3n) is 5.48. The predicted octanol–water partition coefficient (Wildman–Crippen LogP) is 2.02. The smallest absolute Gasteiger partial charge is 0.282 e. The van der Waals surface area contributed by atoms with E-state index in [-0.39, 0.29) is 17.7 Å². The van der Waals surface area contributed by atoms with E-state index in [1.807, 2.05) is 32.0 Å². The minimum atomic E-state index is -0.147. The van der Waals surface area contributed by atoms with Gasteiger partial charge in [0.2, 0.25) is 0 Å². The number of hydrogen-bond acceptors (Lipinski definition) is 4. The third kappa shape index (κ3) is 5.15. The number of anilines is 2. The summed E-state index contributed by atoms with van der Waals surface area (Å²) in [5.74, 6) is 0.932. The molecule has 0 bridgehead atoms. The number of nitrogens with one attached hydrogen (secondary N) is 2. The molecular weight excluding hydrogens is 366 g/mol. The lowest BCUT2D eigenvalue weighted by Gasteiger charge is -2.36. The Labute approximate surface area is 172 Å². The number of para-hydroxylation sites is 2. The molecule has 1 heterocycles. The molecule has 2 aromatic carbocycles. The fourth-order valence-corrected chi connectivity index (χ4v) is 3.69. The summed E-state index contributed by atoms with van der Waals surface area (Å²) < 4.78 is 5.76. The number of piperazine rings is 1. The maximum Gasteiger partial charge on any atom is 0.282 e. The molecule has 3 rings (SSSR count). The van der Waals surface area contributed by atoms with Gasteiger partial charge in [0.15, 0.2) is 11.8 Å². The highest BCUT2D eigenvalue weighted by atomic mass is 16.5. The van der Waals surface area contributed by atoms with Gasteiger partial charge in [-0.25, -0.2) is 0 Å². The molecule has 2 N–H and O–H groups in total. The summed E-state index contributed by atoms with van der Waals surface area (Å²) >= 11 is 0. The lowest BCUT2D eigenvalue weighted by atomic mass is 10.1. The molecule has 2 aromatic rings. The van der Waals surface area contributed by atoms with Crippen LogP contribution in [0.15, 0.2) is 48.5 Å². The van der Waals surface area contributed by atoms with Gasteiger partial charge in [-0.3, -0.25) is 9.59 Å². The monoisotopic (exact) mass is 396 g/mol. The summed E-state index contributed by atoms with van der Waals surface area (Å²) in [6.45, 7) is 9.68. The van der Waals surface area contributed by atoms with Crippen LogP contribution in [0.2, 0.25) is 0 Å². The van der Waals surface area contributed by atoms with Crippen molar-refractivity contribution < 1.29 is 19.2 Å². The largest absolute Gasteiger partial charge is 0.492 e. The lowest BCUT2D eigenvalue weighted by molar-refractivity contribution is -0.914. The minimum Gasteiger partial charge on any atom is -0.492 e. The average Bonchev–Trinajstić information content (AvgIpc) is 2.74. The fourth-order valence-electron chi connectivity index (χ4n) is 3.69. The molecule has 0 saturated carbocycles. The highest BCUT2D eigenvalue weighted by Gasteiger charge is 2.30. The second-order valence-electron chi connectivity index (χ2n) is 7.39. The van der Waals surface area contributed by atoms with Crippen LogP contribution in [0.25, 0.3) is 0 Å². The van der Waals surface area contributed by atoms with Crippen molar-refractivity contribution in [2.75, 3.05) is 43.0 Å². The van der Waals surface area contributed by atoms with Crippen LogP contribution in [-0.2, 0) is 4.79 Å². The Hall–Kier alpha value is -2.86. The molecule has 6 nitrogen and oxygen atoms in total. The maximum atomic E-state index is 12.7. The Bertz CT molecular complexity index is 843. The second kappa shape index (κ2) is 9.56. The molecule has 1 atom stereocenters. The highest BCUT2D eigenvalue weighted by Crippen LogP contribution is 2.27. The Morgan fingerprint density at radius 1 is 1.10 bits per heavy atom. The number of hydrogen-bond donors (Lipinski definition) is 2. The van der Waals surface area contributed by atoms with E-state index in [1.165, 1.54) is 11.8 Å². The van der Waals surface area contributed by atoms with Crippen LogP contribution in [0.5, 0.6) is 5.75 Å². The number of carbonyl (C=O) groups excluding carboxylic acids is 2. The van der Waals surface area contributed by atoms with Gasteiger partial charge < -0.3 is 19.9 Å². The minimum absolute atomic E-state index is 0.00117. The first-order chi connectivity index (χ1) is 14.0. The van der Waals surface area contributed by atoms with E-state index in [2.05, 4.69) is 16.3 Å². The van der Waals surface area contributed by atoms with Gasteiger partial charge in [0.1, 0.15) is 5.75 Å². The Balaban J connectivity index is 1.56. The number of Topliss-reactive ketones (excluding diaryl/α,β-unsaturated/α-hetero) is 1. The van der Waals surface area contributed by atoms with Gasteiger partial charge in [-0.2, -0.15) is 0 Å². The van der Waals surface area contributed by atoms with Gasteiger partial charge in [0, 0.05) is 11.3 Å². The lowest BCUT2D eigenvalue weighted by Crippen LogP contribution is -3.19. The number of rotatable bonds is 7. The first kappa shape index (κ1) is 20.9. The van der Waals surface area contributed by atoms with E-state index in [4.69, 9.17) is 4.74 Å². The summed E-state index contributed by atoms with van der Waals surface area (Å²) in [6.07, 6.45) is 0. The first-order valence-corrected chi connectivity index (χ1v) is 10.2. The third-order valence-corrected chi connectivity index (χ3v) is 5.48. The number of amides is 1. The molecule has 29 heavy (non-hydrogen) atoms. The molecular formula is C23H30N3O3+. The average molecular weight is 397 g/mol. The van der Waals surface area contributed by atoms with Crippen molar-refractivity contribution in [1.29, 1.82) is 0 Å². The highest BCUT2D eigenvalue weighted by molar-refractivity contribution is 5.96. The van der Waals surface area contributed by atoms with E-state index >= 15 is 0 Å². The predicted molar refractivity (Wildman–Crippen MR) is 115 cm³/mol. The van der Waals surface area contributed by atoms with Crippen LogP contribution in [0.4, 0.5) is 11.4 Å². The molecule has 0 radical (unpaired) electrons.